The number of amides is 1. The maximum Gasteiger partial charge on any atom is 0.221 e. The SMILES string of the molecule is CC(=O)Nc1cccc(C(=O)/C=C/c2cc(Cl)c3c(c2)OCCCO3)c1. The van der Waals surface area contributed by atoms with Gasteiger partial charge in [0, 0.05) is 24.6 Å². The zero-order valence-electron chi connectivity index (χ0n) is 14.3. The molecule has 5 nitrogen and oxygen atoms in total. The van der Waals surface area contributed by atoms with E-state index in [-0.39, 0.29) is 11.7 Å². The molecule has 0 atom stereocenters. The number of hydrogen-bond donors (Lipinski definition) is 1. The van der Waals surface area contributed by atoms with Gasteiger partial charge in [-0.3, -0.25) is 9.59 Å². The van der Waals surface area contributed by atoms with Crippen molar-refractivity contribution in [1.82, 2.24) is 0 Å². The van der Waals surface area contributed by atoms with Gasteiger partial charge in [0.1, 0.15) is 0 Å². The Bertz CT molecular complexity index is 876. The molecule has 1 heterocycles. The largest absolute Gasteiger partial charge is 0.489 e. The molecule has 0 bridgehead atoms. The number of ketones is 1. The standard InChI is InChI=1S/C20H18ClNO4/c1-13(23)22-16-5-2-4-15(12-16)18(24)7-6-14-10-17(21)20-19(11-14)25-8-3-9-26-20/h2,4-7,10-12H,3,8-9H2,1H3,(H,22,23)/b7-6+. The van der Waals surface area contributed by atoms with Crippen LogP contribution in [0.15, 0.2) is 42.5 Å². The van der Waals surface area contributed by atoms with Gasteiger partial charge in [-0.25, -0.2) is 0 Å². The van der Waals surface area contributed by atoms with Crippen LogP contribution in [0, 0.1) is 0 Å². The van der Waals surface area contributed by atoms with Gasteiger partial charge in [-0.2, -0.15) is 0 Å². The van der Waals surface area contributed by atoms with Crippen LogP contribution in [0.1, 0.15) is 29.3 Å². The smallest absolute Gasteiger partial charge is 0.221 e. The molecular formula is C20H18ClNO4. The predicted octanol–water partition coefficient (Wildman–Crippen LogP) is 4.36. The maximum absolute atomic E-state index is 12.4. The van der Waals surface area contributed by atoms with Gasteiger partial charge < -0.3 is 14.8 Å². The number of allylic oxidation sites excluding steroid dienone is 1. The van der Waals surface area contributed by atoms with Crippen LogP contribution < -0.4 is 14.8 Å². The van der Waals surface area contributed by atoms with Crippen molar-refractivity contribution >= 4 is 35.1 Å². The molecule has 1 aliphatic heterocycles. The molecule has 0 spiro atoms. The summed E-state index contributed by atoms with van der Waals surface area (Å²) >= 11 is 6.26. The summed E-state index contributed by atoms with van der Waals surface area (Å²) in [6.45, 7) is 2.54. The highest BCUT2D eigenvalue weighted by molar-refractivity contribution is 6.32. The first kappa shape index (κ1) is 18.0. The third-order valence-electron chi connectivity index (χ3n) is 3.72. The van der Waals surface area contributed by atoms with E-state index in [4.69, 9.17) is 21.1 Å². The highest BCUT2D eigenvalue weighted by Crippen LogP contribution is 2.38. The van der Waals surface area contributed by atoms with Crippen molar-refractivity contribution in [1.29, 1.82) is 0 Å². The third kappa shape index (κ3) is 4.43. The van der Waals surface area contributed by atoms with Crippen LogP contribution in [0.2, 0.25) is 5.02 Å². The van der Waals surface area contributed by atoms with Crippen molar-refractivity contribution in [3.8, 4) is 11.5 Å². The van der Waals surface area contributed by atoms with Gasteiger partial charge in [-0.15, -0.1) is 0 Å². The van der Waals surface area contributed by atoms with Crippen molar-refractivity contribution < 1.29 is 19.1 Å². The van der Waals surface area contributed by atoms with Gasteiger partial charge in [0.25, 0.3) is 0 Å². The van der Waals surface area contributed by atoms with Crippen molar-refractivity contribution in [3.63, 3.8) is 0 Å². The number of fused-ring (bicyclic) bond motifs is 1. The first-order valence-corrected chi connectivity index (χ1v) is 8.60. The number of ether oxygens (including phenoxy) is 2. The van der Waals surface area contributed by atoms with Crippen LogP contribution in [0.4, 0.5) is 5.69 Å². The molecular weight excluding hydrogens is 354 g/mol. The second kappa shape index (κ2) is 8.06. The summed E-state index contributed by atoms with van der Waals surface area (Å²) in [5.74, 6) is 0.748. The van der Waals surface area contributed by atoms with Crippen LogP contribution in [-0.2, 0) is 4.79 Å². The number of halogens is 1. The van der Waals surface area contributed by atoms with E-state index < -0.39 is 0 Å². The molecule has 2 aromatic carbocycles. The summed E-state index contributed by atoms with van der Waals surface area (Å²) < 4.78 is 11.2. The number of benzene rings is 2. The molecule has 3 rings (SSSR count). The number of carbonyl (C=O) groups excluding carboxylic acids is 2. The Morgan fingerprint density at radius 2 is 1.96 bits per heavy atom. The molecule has 134 valence electrons. The Labute approximate surface area is 156 Å². The van der Waals surface area contributed by atoms with Gasteiger partial charge in [-0.1, -0.05) is 29.8 Å². The van der Waals surface area contributed by atoms with Crippen LogP contribution in [0.3, 0.4) is 0 Å². The second-order valence-electron chi connectivity index (χ2n) is 5.84. The number of anilines is 1. The zero-order valence-corrected chi connectivity index (χ0v) is 15.0. The molecule has 0 saturated carbocycles. The molecule has 0 unspecified atom stereocenters. The lowest BCUT2D eigenvalue weighted by Crippen LogP contribution is -2.06. The van der Waals surface area contributed by atoms with Crippen molar-refractivity contribution in [2.75, 3.05) is 18.5 Å². The molecule has 2 aromatic rings. The van der Waals surface area contributed by atoms with Gasteiger partial charge in [0.2, 0.25) is 5.91 Å². The minimum absolute atomic E-state index is 0.180. The molecule has 0 radical (unpaired) electrons. The van der Waals surface area contributed by atoms with E-state index in [0.29, 0.717) is 41.0 Å². The van der Waals surface area contributed by atoms with Crippen molar-refractivity contribution in [2.24, 2.45) is 0 Å². The molecule has 0 aromatic heterocycles. The molecule has 0 aliphatic carbocycles. The summed E-state index contributed by atoms with van der Waals surface area (Å²) in [6.07, 6.45) is 3.93. The fourth-order valence-electron chi connectivity index (χ4n) is 2.57. The van der Waals surface area contributed by atoms with Gasteiger partial charge in [-0.05, 0) is 35.9 Å². The Kier molecular flexibility index (Phi) is 5.58. The molecule has 0 saturated heterocycles. The Hall–Kier alpha value is -2.79. The average molecular weight is 372 g/mol. The van der Waals surface area contributed by atoms with E-state index in [0.717, 1.165) is 12.0 Å². The van der Waals surface area contributed by atoms with Crippen molar-refractivity contribution in [3.05, 3.63) is 58.6 Å². The van der Waals surface area contributed by atoms with Crippen molar-refractivity contribution in [2.45, 2.75) is 13.3 Å². The Morgan fingerprint density at radius 3 is 2.77 bits per heavy atom. The minimum Gasteiger partial charge on any atom is -0.489 e. The first-order valence-electron chi connectivity index (χ1n) is 8.22. The Balaban J connectivity index is 1.79. The summed E-state index contributed by atoms with van der Waals surface area (Å²) in [6, 6.07) is 10.3. The molecule has 0 fully saturated rings. The van der Waals surface area contributed by atoms with E-state index in [1.807, 2.05) is 0 Å². The molecule has 26 heavy (non-hydrogen) atoms. The molecule has 1 aliphatic rings. The van der Waals surface area contributed by atoms with Crippen LogP contribution in [-0.4, -0.2) is 24.9 Å². The zero-order chi connectivity index (χ0) is 18.5. The van der Waals surface area contributed by atoms with E-state index in [9.17, 15) is 9.59 Å². The lowest BCUT2D eigenvalue weighted by Gasteiger charge is -2.10. The normalized spacial score (nSPS) is 13.3. The van der Waals surface area contributed by atoms with Gasteiger partial charge >= 0.3 is 0 Å². The summed E-state index contributed by atoms with van der Waals surface area (Å²) in [4.78, 5) is 23.5. The predicted molar refractivity (Wildman–Crippen MR) is 101 cm³/mol. The number of carbonyl (C=O) groups is 2. The lowest BCUT2D eigenvalue weighted by atomic mass is 10.1. The fraction of sp³-hybridized carbons (Fsp3) is 0.200. The number of nitrogens with one attached hydrogen (secondary N) is 1. The second-order valence-corrected chi connectivity index (χ2v) is 6.25. The third-order valence-corrected chi connectivity index (χ3v) is 4.00. The summed E-state index contributed by atoms with van der Waals surface area (Å²) in [5, 5.41) is 3.11. The van der Waals surface area contributed by atoms with Gasteiger partial charge in [0.05, 0.1) is 18.2 Å². The molecule has 1 N–H and O–H groups in total. The first-order chi connectivity index (χ1) is 12.5. The fourth-order valence-corrected chi connectivity index (χ4v) is 2.84. The molecule has 6 heteroatoms. The lowest BCUT2D eigenvalue weighted by molar-refractivity contribution is -0.114. The highest BCUT2D eigenvalue weighted by Gasteiger charge is 2.15. The summed E-state index contributed by atoms with van der Waals surface area (Å²) in [7, 11) is 0. The minimum atomic E-state index is -0.188. The maximum atomic E-state index is 12.4. The molecule has 1 amide bonds. The van der Waals surface area contributed by atoms with Gasteiger partial charge in [0.15, 0.2) is 17.3 Å². The van der Waals surface area contributed by atoms with Crippen LogP contribution >= 0.6 is 11.6 Å². The quantitative estimate of drug-likeness (QED) is 0.640. The number of hydrogen-bond acceptors (Lipinski definition) is 4. The van der Waals surface area contributed by atoms with Crippen LogP contribution in [0.5, 0.6) is 11.5 Å². The monoisotopic (exact) mass is 371 g/mol. The van der Waals surface area contributed by atoms with E-state index in [1.54, 1.807) is 42.5 Å². The van der Waals surface area contributed by atoms with E-state index >= 15 is 0 Å². The topological polar surface area (TPSA) is 64.6 Å². The average Bonchev–Trinajstić information content (AvgIpc) is 2.85. The summed E-state index contributed by atoms with van der Waals surface area (Å²) in [5.41, 5.74) is 1.80. The van der Waals surface area contributed by atoms with E-state index in [2.05, 4.69) is 5.32 Å². The Morgan fingerprint density at radius 1 is 1.15 bits per heavy atom. The highest BCUT2D eigenvalue weighted by atomic mass is 35.5. The number of rotatable bonds is 4. The van der Waals surface area contributed by atoms with E-state index in [1.165, 1.54) is 13.0 Å². The van der Waals surface area contributed by atoms with Crippen LogP contribution in [0.25, 0.3) is 6.08 Å².